The number of rotatable bonds is 16. The van der Waals surface area contributed by atoms with E-state index in [0.717, 1.165) is 0 Å². The smallest absolute Gasteiger partial charge is 0.326 e. The molecule has 0 saturated heterocycles. The molecular formula is C24H37N5O7S. The van der Waals surface area contributed by atoms with E-state index in [1.807, 2.05) is 13.8 Å². The molecule has 0 bridgehead atoms. The summed E-state index contributed by atoms with van der Waals surface area (Å²) in [6, 6.07) is 1.46. The molecule has 1 rings (SSSR count). The molecule has 37 heavy (non-hydrogen) atoms. The van der Waals surface area contributed by atoms with Crippen molar-refractivity contribution in [3.05, 3.63) is 29.8 Å². The van der Waals surface area contributed by atoms with E-state index in [1.54, 1.807) is 18.4 Å². The van der Waals surface area contributed by atoms with Gasteiger partial charge in [0.1, 0.15) is 23.9 Å². The number of carboxylic acids is 1. The number of aliphatic carboxylic acids is 1. The highest BCUT2D eigenvalue weighted by atomic mass is 32.2. The minimum absolute atomic E-state index is 0.0317. The Kier molecular flexibility index (Phi) is 13.5. The summed E-state index contributed by atoms with van der Waals surface area (Å²) in [5.74, 6) is -3.84. The van der Waals surface area contributed by atoms with Crippen molar-refractivity contribution >= 4 is 41.4 Å². The van der Waals surface area contributed by atoms with Crippen molar-refractivity contribution in [3.8, 4) is 5.75 Å². The first kappa shape index (κ1) is 31.7. The van der Waals surface area contributed by atoms with Gasteiger partial charge >= 0.3 is 5.97 Å². The van der Waals surface area contributed by atoms with E-state index >= 15 is 0 Å². The second kappa shape index (κ2) is 15.7. The average molecular weight is 540 g/mol. The predicted octanol–water partition coefficient (Wildman–Crippen LogP) is -0.524. The van der Waals surface area contributed by atoms with Crippen LogP contribution < -0.4 is 27.4 Å². The number of nitrogens with one attached hydrogen (secondary N) is 3. The topological polar surface area (TPSA) is 214 Å². The molecule has 0 fully saturated rings. The fourth-order valence-electron chi connectivity index (χ4n) is 3.41. The highest BCUT2D eigenvalue weighted by Crippen LogP contribution is 2.12. The zero-order chi connectivity index (χ0) is 28.1. The van der Waals surface area contributed by atoms with Gasteiger partial charge in [0.25, 0.3) is 0 Å². The van der Waals surface area contributed by atoms with E-state index in [2.05, 4.69) is 16.0 Å². The normalized spacial score (nSPS) is 14.2. The second-order valence-corrected chi connectivity index (χ2v) is 10.1. The summed E-state index contributed by atoms with van der Waals surface area (Å²) >= 11 is 1.40. The maximum Gasteiger partial charge on any atom is 0.326 e. The average Bonchev–Trinajstić information content (AvgIpc) is 2.81. The maximum absolute atomic E-state index is 13.1. The van der Waals surface area contributed by atoms with E-state index in [-0.39, 0.29) is 30.9 Å². The van der Waals surface area contributed by atoms with Crippen molar-refractivity contribution in [2.24, 2.45) is 17.4 Å². The van der Waals surface area contributed by atoms with E-state index < -0.39 is 60.2 Å². The van der Waals surface area contributed by atoms with Crippen LogP contribution in [0.2, 0.25) is 0 Å². The Morgan fingerprint density at radius 3 is 1.97 bits per heavy atom. The van der Waals surface area contributed by atoms with Gasteiger partial charge in [0, 0.05) is 0 Å². The summed E-state index contributed by atoms with van der Waals surface area (Å²) in [7, 11) is 0. The molecule has 1 aromatic rings. The number of phenolic OH excluding ortho intramolecular Hbond substituents is 1. The minimum atomic E-state index is -1.43. The van der Waals surface area contributed by atoms with Crippen molar-refractivity contribution in [1.82, 2.24) is 16.0 Å². The number of benzene rings is 1. The molecule has 12 nitrogen and oxygen atoms in total. The van der Waals surface area contributed by atoms with Crippen LogP contribution in [-0.4, -0.2) is 76.0 Å². The molecule has 9 N–H and O–H groups in total. The molecule has 4 amide bonds. The van der Waals surface area contributed by atoms with Crippen LogP contribution in [0, 0.1) is 5.92 Å². The number of primary amides is 1. The van der Waals surface area contributed by atoms with Gasteiger partial charge < -0.3 is 37.6 Å². The first-order valence-corrected chi connectivity index (χ1v) is 13.2. The zero-order valence-corrected chi connectivity index (χ0v) is 22.0. The Bertz CT molecular complexity index is 942. The van der Waals surface area contributed by atoms with E-state index in [1.165, 1.54) is 23.9 Å². The quantitative estimate of drug-likeness (QED) is 0.144. The second-order valence-electron chi connectivity index (χ2n) is 9.08. The summed E-state index contributed by atoms with van der Waals surface area (Å²) in [6.45, 7) is 3.67. The molecule has 0 aromatic heterocycles. The number of amides is 4. The van der Waals surface area contributed by atoms with Gasteiger partial charge in [-0.3, -0.25) is 19.2 Å². The van der Waals surface area contributed by atoms with Crippen molar-refractivity contribution in [2.75, 3.05) is 12.0 Å². The van der Waals surface area contributed by atoms with Crippen molar-refractivity contribution < 1.29 is 34.2 Å². The molecule has 0 heterocycles. The summed E-state index contributed by atoms with van der Waals surface area (Å²) in [6.07, 6.45) is 1.73. The fourth-order valence-corrected chi connectivity index (χ4v) is 3.88. The molecule has 0 aliphatic rings. The SMILES string of the molecule is CSCCC(NC(=O)C(CC(N)=O)NC(=O)C(CC(C)C)NC(=O)C(N)Cc1ccc(O)cc1)C(=O)O. The Morgan fingerprint density at radius 2 is 1.46 bits per heavy atom. The Balaban J connectivity index is 2.96. The molecule has 1 aromatic carbocycles. The van der Waals surface area contributed by atoms with Gasteiger partial charge in [-0.1, -0.05) is 26.0 Å². The van der Waals surface area contributed by atoms with Crippen LogP contribution in [0.4, 0.5) is 0 Å². The zero-order valence-electron chi connectivity index (χ0n) is 21.2. The lowest BCUT2D eigenvalue weighted by molar-refractivity contribution is -0.142. The van der Waals surface area contributed by atoms with E-state index in [4.69, 9.17) is 11.5 Å². The number of nitrogens with two attached hydrogens (primary N) is 2. The Hall–Kier alpha value is -3.32. The van der Waals surface area contributed by atoms with Crippen LogP contribution >= 0.6 is 11.8 Å². The first-order valence-electron chi connectivity index (χ1n) is 11.8. The van der Waals surface area contributed by atoms with Crippen molar-refractivity contribution in [1.29, 1.82) is 0 Å². The molecular weight excluding hydrogens is 502 g/mol. The molecule has 0 saturated carbocycles. The first-order chi connectivity index (χ1) is 17.3. The van der Waals surface area contributed by atoms with Crippen LogP contribution in [0.3, 0.4) is 0 Å². The molecule has 4 unspecified atom stereocenters. The third-order valence-corrected chi connectivity index (χ3v) is 5.98. The molecule has 0 spiro atoms. The maximum atomic E-state index is 13.1. The number of hydrogen-bond acceptors (Lipinski definition) is 8. The lowest BCUT2D eigenvalue weighted by atomic mass is 10.0. The highest BCUT2D eigenvalue weighted by Gasteiger charge is 2.31. The number of hydrogen-bond donors (Lipinski definition) is 7. The van der Waals surface area contributed by atoms with Gasteiger partial charge in [-0.15, -0.1) is 0 Å². The highest BCUT2D eigenvalue weighted by molar-refractivity contribution is 7.98. The molecule has 13 heteroatoms. The van der Waals surface area contributed by atoms with Crippen LogP contribution in [0.5, 0.6) is 5.75 Å². The molecule has 0 aliphatic carbocycles. The lowest BCUT2D eigenvalue weighted by Gasteiger charge is -2.25. The van der Waals surface area contributed by atoms with Gasteiger partial charge in [-0.2, -0.15) is 11.8 Å². The lowest BCUT2D eigenvalue weighted by Crippen LogP contribution is -2.58. The number of aromatic hydroxyl groups is 1. The van der Waals surface area contributed by atoms with Gasteiger partial charge in [0.2, 0.25) is 23.6 Å². The summed E-state index contributed by atoms with van der Waals surface area (Å²) in [5, 5.41) is 26.1. The molecule has 206 valence electrons. The van der Waals surface area contributed by atoms with Crippen molar-refractivity contribution in [2.45, 2.75) is 63.7 Å². The number of carbonyl (C=O) groups excluding carboxylic acids is 4. The summed E-state index contributed by atoms with van der Waals surface area (Å²) < 4.78 is 0. The van der Waals surface area contributed by atoms with Gasteiger partial charge in [-0.05, 0) is 54.9 Å². The molecule has 0 aliphatic heterocycles. The van der Waals surface area contributed by atoms with Crippen LogP contribution in [0.1, 0.15) is 38.7 Å². The van der Waals surface area contributed by atoms with Crippen LogP contribution in [-0.2, 0) is 30.4 Å². The third kappa shape index (κ3) is 12.0. The summed E-state index contributed by atoms with van der Waals surface area (Å²) in [4.78, 5) is 61.6. The van der Waals surface area contributed by atoms with Gasteiger partial charge in [0.15, 0.2) is 0 Å². The molecule has 4 atom stereocenters. The summed E-state index contributed by atoms with van der Waals surface area (Å²) in [5.41, 5.74) is 12.0. The standard InChI is InChI=1S/C24H37N5O7S/c1-13(2)10-18(28-21(32)16(25)11-14-4-6-15(30)7-5-14)22(33)29-19(12-20(26)31)23(34)27-17(24(35)36)8-9-37-3/h4-7,13,16-19,30H,8-12,25H2,1-3H3,(H2,26,31)(H,27,34)(H,28,32)(H,29,33)(H,35,36). The van der Waals surface area contributed by atoms with Crippen LogP contribution in [0.15, 0.2) is 24.3 Å². The largest absolute Gasteiger partial charge is 0.508 e. The van der Waals surface area contributed by atoms with Gasteiger partial charge in [0.05, 0.1) is 12.5 Å². The van der Waals surface area contributed by atoms with Crippen LogP contribution in [0.25, 0.3) is 0 Å². The Labute approximate surface area is 220 Å². The van der Waals surface area contributed by atoms with E-state index in [9.17, 15) is 34.2 Å². The minimum Gasteiger partial charge on any atom is -0.508 e. The van der Waals surface area contributed by atoms with E-state index in [0.29, 0.717) is 11.3 Å². The predicted molar refractivity (Wildman–Crippen MR) is 139 cm³/mol. The number of carboxylic acid groups (broad SMARTS) is 1. The van der Waals surface area contributed by atoms with Gasteiger partial charge in [-0.25, -0.2) is 4.79 Å². The number of thioether (sulfide) groups is 1. The Morgan fingerprint density at radius 1 is 0.919 bits per heavy atom. The fraction of sp³-hybridized carbons (Fsp3) is 0.542. The monoisotopic (exact) mass is 539 g/mol. The number of carbonyl (C=O) groups is 5. The third-order valence-electron chi connectivity index (χ3n) is 5.33. The van der Waals surface area contributed by atoms with Crippen molar-refractivity contribution in [3.63, 3.8) is 0 Å². The molecule has 0 radical (unpaired) electrons. The number of phenols is 1.